The van der Waals surface area contributed by atoms with Crippen LogP contribution in [0.25, 0.3) is 10.9 Å². The summed E-state index contributed by atoms with van der Waals surface area (Å²) in [6.07, 6.45) is 1.78. The van der Waals surface area contributed by atoms with Gasteiger partial charge in [-0.3, -0.25) is 9.36 Å². The lowest BCUT2D eigenvalue weighted by Crippen LogP contribution is -2.25. The molecule has 0 bridgehead atoms. The van der Waals surface area contributed by atoms with Crippen LogP contribution in [0.4, 0.5) is 0 Å². The van der Waals surface area contributed by atoms with Gasteiger partial charge < -0.3 is 0 Å². The van der Waals surface area contributed by atoms with Crippen molar-refractivity contribution in [1.29, 1.82) is 0 Å². The van der Waals surface area contributed by atoms with Crippen LogP contribution < -0.4 is 0 Å². The minimum atomic E-state index is -0.395. The Morgan fingerprint density at radius 3 is 2.56 bits per heavy atom. The van der Waals surface area contributed by atoms with E-state index in [1.54, 1.807) is 10.8 Å². The molecule has 16 heavy (non-hydrogen) atoms. The van der Waals surface area contributed by atoms with Gasteiger partial charge in [0.15, 0.2) is 0 Å². The van der Waals surface area contributed by atoms with Crippen molar-refractivity contribution in [2.75, 3.05) is 0 Å². The van der Waals surface area contributed by atoms with Crippen molar-refractivity contribution in [3.8, 4) is 0 Å². The molecule has 0 amide bonds. The average molecular weight is 236 g/mol. The Morgan fingerprint density at radius 2 is 1.94 bits per heavy atom. The predicted octanol–water partition coefficient (Wildman–Crippen LogP) is 3.98. The first kappa shape index (κ1) is 11.2. The minimum Gasteiger partial charge on any atom is -0.287 e. The molecule has 0 fully saturated rings. The highest BCUT2D eigenvalue weighted by Gasteiger charge is 2.24. The van der Waals surface area contributed by atoms with Crippen LogP contribution in [0.15, 0.2) is 30.5 Å². The van der Waals surface area contributed by atoms with E-state index in [1.165, 1.54) is 0 Å². The Bertz CT molecular complexity index is 549. The van der Waals surface area contributed by atoms with E-state index in [2.05, 4.69) is 0 Å². The van der Waals surface area contributed by atoms with Gasteiger partial charge in [-0.15, -0.1) is 0 Å². The molecule has 0 aliphatic rings. The van der Waals surface area contributed by atoms with Crippen LogP contribution in [0.1, 0.15) is 25.6 Å². The van der Waals surface area contributed by atoms with E-state index in [9.17, 15) is 4.79 Å². The van der Waals surface area contributed by atoms with Crippen LogP contribution in [0, 0.1) is 5.41 Å². The summed E-state index contributed by atoms with van der Waals surface area (Å²) in [5.74, 6) is 0.0739. The zero-order chi connectivity index (χ0) is 11.9. The molecule has 84 valence electrons. The summed E-state index contributed by atoms with van der Waals surface area (Å²) in [7, 11) is 0. The highest BCUT2D eigenvalue weighted by Crippen LogP contribution is 2.26. The minimum absolute atomic E-state index is 0.0739. The van der Waals surface area contributed by atoms with E-state index in [4.69, 9.17) is 11.6 Å². The normalized spacial score (nSPS) is 12.0. The Labute approximate surface area is 99.8 Å². The quantitative estimate of drug-likeness (QED) is 0.677. The number of aromatic nitrogens is 1. The molecule has 2 aromatic rings. The van der Waals surface area contributed by atoms with Crippen molar-refractivity contribution in [3.05, 3.63) is 35.5 Å². The Kier molecular flexibility index (Phi) is 2.55. The molecule has 0 atom stereocenters. The van der Waals surface area contributed by atoms with Crippen LogP contribution >= 0.6 is 11.6 Å². The number of hydrogen-bond acceptors (Lipinski definition) is 1. The zero-order valence-corrected chi connectivity index (χ0v) is 10.4. The van der Waals surface area contributed by atoms with Crippen molar-refractivity contribution in [2.45, 2.75) is 20.8 Å². The molecule has 0 saturated carbocycles. The Hall–Kier alpha value is -1.28. The topological polar surface area (TPSA) is 22.0 Å². The van der Waals surface area contributed by atoms with E-state index in [0.717, 1.165) is 10.9 Å². The standard InChI is InChI=1S/C13H14ClNO/c1-13(2,3)12(16)15-8-7-9-10(14)5-4-6-11(9)15/h4-8H,1-3H3. The second-order valence-electron chi connectivity index (χ2n) is 4.91. The Balaban J connectivity index is 2.64. The molecular weight excluding hydrogens is 222 g/mol. The summed E-state index contributed by atoms with van der Waals surface area (Å²) in [4.78, 5) is 12.2. The maximum Gasteiger partial charge on any atom is 0.236 e. The second-order valence-corrected chi connectivity index (χ2v) is 5.32. The first-order chi connectivity index (χ1) is 7.41. The van der Waals surface area contributed by atoms with E-state index < -0.39 is 5.41 Å². The van der Waals surface area contributed by atoms with E-state index >= 15 is 0 Å². The Morgan fingerprint density at radius 1 is 1.25 bits per heavy atom. The van der Waals surface area contributed by atoms with Crippen molar-refractivity contribution < 1.29 is 4.79 Å². The van der Waals surface area contributed by atoms with Crippen LogP contribution in [0.5, 0.6) is 0 Å². The predicted molar refractivity (Wildman–Crippen MR) is 67.0 cm³/mol. The number of carbonyl (C=O) groups excluding carboxylic acids is 1. The molecule has 3 heteroatoms. The molecule has 0 spiro atoms. The van der Waals surface area contributed by atoms with Crippen molar-refractivity contribution in [2.24, 2.45) is 5.41 Å². The third kappa shape index (κ3) is 1.74. The maximum atomic E-state index is 12.2. The van der Waals surface area contributed by atoms with Gasteiger partial charge in [-0.25, -0.2) is 0 Å². The molecule has 0 N–H and O–H groups in total. The number of nitrogens with zero attached hydrogens (tertiary/aromatic N) is 1. The number of hydrogen-bond donors (Lipinski definition) is 0. The van der Waals surface area contributed by atoms with E-state index in [0.29, 0.717) is 5.02 Å². The average Bonchev–Trinajstić information content (AvgIpc) is 2.60. The molecule has 1 aromatic heterocycles. The lowest BCUT2D eigenvalue weighted by Gasteiger charge is -2.17. The third-order valence-electron chi connectivity index (χ3n) is 2.54. The summed E-state index contributed by atoms with van der Waals surface area (Å²) in [5, 5.41) is 1.60. The lowest BCUT2D eigenvalue weighted by atomic mass is 9.95. The second kappa shape index (κ2) is 3.63. The summed E-state index contributed by atoms with van der Waals surface area (Å²) >= 11 is 6.06. The zero-order valence-electron chi connectivity index (χ0n) is 9.62. The fraction of sp³-hybridized carbons (Fsp3) is 0.308. The highest BCUT2D eigenvalue weighted by molar-refractivity contribution is 6.35. The lowest BCUT2D eigenvalue weighted by molar-refractivity contribution is 0.0772. The number of carbonyl (C=O) groups is 1. The molecular formula is C13H14ClNO. The first-order valence-corrected chi connectivity index (χ1v) is 5.59. The molecule has 2 nitrogen and oxygen atoms in total. The molecule has 0 aliphatic carbocycles. The highest BCUT2D eigenvalue weighted by atomic mass is 35.5. The number of rotatable bonds is 0. The van der Waals surface area contributed by atoms with Crippen LogP contribution in [-0.4, -0.2) is 10.5 Å². The molecule has 0 unspecified atom stereocenters. The summed E-state index contributed by atoms with van der Waals surface area (Å²) in [5.41, 5.74) is 0.473. The van der Waals surface area contributed by atoms with Gasteiger partial charge in [0.25, 0.3) is 0 Å². The number of fused-ring (bicyclic) bond motifs is 1. The van der Waals surface area contributed by atoms with Crippen molar-refractivity contribution >= 4 is 28.4 Å². The molecule has 2 rings (SSSR count). The maximum absolute atomic E-state index is 12.2. The van der Waals surface area contributed by atoms with Gasteiger partial charge in [0.05, 0.1) is 5.52 Å². The molecule has 0 saturated heterocycles. The first-order valence-electron chi connectivity index (χ1n) is 5.21. The smallest absolute Gasteiger partial charge is 0.236 e. The fourth-order valence-electron chi connectivity index (χ4n) is 1.67. The summed E-state index contributed by atoms with van der Waals surface area (Å²) in [6, 6.07) is 7.47. The van der Waals surface area contributed by atoms with Crippen LogP contribution in [0.3, 0.4) is 0 Å². The van der Waals surface area contributed by atoms with Crippen LogP contribution in [-0.2, 0) is 0 Å². The van der Waals surface area contributed by atoms with E-state index in [-0.39, 0.29) is 5.91 Å². The molecule has 1 aromatic carbocycles. The monoisotopic (exact) mass is 235 g/mol. The largest absolute Gasteiger partial charge is 0.287 e. The molecule has 1 heterocycles. The SMILES string of the molecule is CC(C)(C)C(=O)n1ccc2c(Cl)cccc21. The van der Waals surface area contributed by atoms with E-state index in [1.807, 2.05) is 45.0 Å². The third-order valence-corrected chi connectivity index (χ3v) is 2.87. The van der Waals surface area contributed by atoms with Gasteiger partial charge in [-0.2, -0.15) is 0 Å². The molecule has 0 radical (unpaired) electrons. The van der Waals surface area contributed by atoms with Gasteiger partial charge >= 0.3 is 0 Å². The van der Waals surface area contributed by atoms with Crippen molar-refractivity contribution in [3.63, 3.8) is 0 Å². The van der Waals surface area contributed by atoms with Gasteiger partial charge in [0, 0.05) is 22.0 Å². The summed E-state index contributed by atoms with van der Waals surface area (Å²) < 4.78 is 1.67. The van der Waals surface area contributed by atoms with Gasteiger partial charge in [-0.1, -0.05) is 38.4 Å². The van der Waals surface area contributed by atoms with Gasteiger partial charge in [0.2, 0.25) is 5.91 Å². The fourth-order valence-corrected chi connectivity index (χ4v) is 1.90. The van der Waals surface area contributed by atoms with Gasteiger partial charge in [-0.05, 0) is 18.2 Å². The van der Waals surface area contributed by atoms with Gasteiger partial charge in [0.1, 0.15) is 0 Å². The number of benzene rings is 1. The van der Waals surface area contributed by atoms with Crippen LogP contribution in [0.2, 0.25) is 5.02 Å². The van der Waals surface area contributed by atoms with Crippen molar-refractivity contribution in [1.82, 2.24) is 4.57 Å². The summed E-state index contributed by atoms with van der Waals surface area (Å²) in [6.45, 7) is 5.73. The number of halogens is 1. The molecule has 0 aliphatic heterocycles.